The van der Waals surface area contributed by atoms with Crippen LogP contribution in [0.15, 0.2) is 45.0 Å². The van der Waals surface area contributed by atoms with Crippen LogP contribution in [0, 0.1) is 0 Å². The standard InChI is InChI=1S/2C5H5.2BrH.V/c2*1-2-4-5-3-1;;;/h2*1-3H,4H2;2*1H;/q;;;;+2/p-2. The predicted octanol–water partition coefficient (Wildman–Crippen LogP) is -3.24. The molecule has 0 aliphatic heterocycles. The van der Waals surface area contributed by atoms with Gasteiger partial charge in [-0.15, -0.1) is 0 Å². The Balaban J connectivity index is 0.000000720. The maximum Gasteiger partial charge on any atom is -1.00 e. The number of halogens is 2. The Morgan fingerprint density at radius 2 is 1.31 bits per heavy atom. The summed E-state index contributed by atoms with van der Waals surface area (Å²) in [6.07, 6.45) is 15.8. The van der Waals surface area contributed by atoms with Crippen molar-refractivity contribution >= 4 is 0 Å². The van der Waals surface area contributed by atoms with Gasteiger partial charge in [0.05, 0.1) is 0 Å². The molecule has 0 spiro atoms. The summed E-state index contributed by atoms with van der Waals surface area (Å²) >= 11 is 0.358. The molecule has 2 rings (SSSR count). The SMILES string of the molecule is C1=CC[C]([V+2][C]2=CC=CC2)=C1.[Br-].[Br-]. The normalized spacial score (nSPS) is 16.9. The van der Waals surface area contributed by atoms with E-state index in [-0.39, 0.29) is 34.0 Å². The molecule has 0 heterocycles. The molecule has 0 fully saturated rings. The molecule has 0 radical (unpaired) electrons. The molecule has 0 aromatic carbocycles. The molecule has 0 bridgehead atoms. The quantitative estimate of drug-likeness (QED) is 0.496. The van der Waals surface area contributed by atoms with Crippen LogP contribution in [0.2, 0.25) is 0 Å². The molecule has 0 unspecified atom stereocenters. The topological polar surface area (TPSA) is 0 Å². The first-order valence-electron chi connectivity index (χ1n) is 3.88. The number of hydrogen-bond donors (Lipinski definition) is 0. The summed E-state index contributed by atoms with van der Waals surface area (Å²) in [5.74, 6) is 0. The van der Waals surface area contributed by atoms with Gasteiger partial charge in [0.2, 0.25) is 0 Å². The van der Waals surface area contributed by atoms with Crippen molar-refractivity contribution in [1.29, 1.82) is 0 Å². The van der Waals surface area contributed by atoms with Gasteiger partial charge in [-0.1, -0.05) is 0 Å². The van der Waals surface area contributed by atoms with Gasteiger partial charge in [0, 0.05) is 0 Å². The van der Waals surface area contributed by atoms with Crippen molar-refractivity contribution in [2.75, 3.05) is 0 Å². The molecule has 0 amide bonds. The van der Waals surface area contributed by atoms with Crippen molar-refractivity contribution in [3.63, 3.8) is 0 Å². The van der Waals surface area contributed by atoms with Crippen LogP contribution in [-0.2, 0) is 16.3 Å². The van der Waals surface area contributed by atoms with Crippen molar-refractivity contribution in [1.82, 2.24) is 0 Å². The first-order chi connectivity index (χ1) is 5.45. The first kappa shape index (κ1) is 13.5. The maximum absolute atomic E-state index is 2.28. The van der Waals surface area contributed by atoms with Gasteiger partial charge in [0.1, 0.15) is 0 Å². The summed E-state index contributed by atoms with van der Waals surface area (Å²) < 4.78 is 3.30. The van der Waals surface area contributed by atoms with Crippen LogP contribution in [0.5, 0.6) is 0 Å². The van der Waals surface area contributed by atoms with E-state index in [9.17, 15) is 0 Å². The average molecular weight is 341 g/mol. The van der Waals surface area contributed by atoms with Crippen molar-refractivity contribution in [3.8, 4) is 0 Å². The smallest absolute Gasteiger partial charge is 1.00 e. The van der Waals surface area contributed by atoms with Crippen LogP contribution in [0.25, 0.3) is 0 Å². The molecule has 0 atom stereocenters. The van der Waals surface area contributed by atoms with E-state index in [2.05, 4.69) is 36.5 Å². The summed E-state index contributed by atoms with van der Waals surface area (Å²) in [4.78, 5) is 0. The third kappa shape index (κ3) is 4.03. The second-order valence-corrected chi connectivity index (χ2v) is 4.84. The molecule has 2 aliphatic carbocycles. The Morgan fingerprint density at radius 1 is 0.846 bits per heavy atom. The van der Waals surface area contributed by atoms with E-state index in [1.165, 1.54) is 12.8 Å². The Hall–Kier alpha value is 0.504. The van der Waals surface area contributed by atoms with Gasteiger partial charge in [0.25, 0.3) is 0 Å². The van der Waals surface area contributed by atoms with Gasteiger partial charge >= 0.3 is 74.2 Å². The van der Waals surface area contributed by atoms with Gasteiger partial charge in [0.15, 0.2) is 0 Å². The third-order valence-electron chi connectivity index (χ3n) is 1.79. The number of rotatable bonds is 2. The molecule has 3 heteroatoms. The molecule has 0 nitrogen and oxygen atoms in total. The zero-order chi connectivity index (χ0) is 7.52. The Labute approximate surface area is 107 Å². The van der Waals surface area contributed by atoms with E-state index < -0.39 is 0 Å². The fraction of sp³-hybridized carbons (Fsp3) is 0.200. The largest absolute Gasteiger partial charge is 1.00 e. The molecule has 0 saturated heterocycles. The van der Waals surface area contributed by atoms with Crippen molar-refractivity contribution in [2.45, 2.75) is 12.8 Å². The molecular weight excluding hydrogens is 331 g/mol. The van der Waals surface area contributed by atoms with Crippen LogP contribution in [0.3, 0.4) is 0 Å². The van der Waals surface area contributed by atoms with Crippen molar-refractivity contribution < 1.29 is 50.3 Å². The fourth-order valence-corrected chi connectivity index (χ4v) is 2.91. The molecule has 0 saturated carbocycles. The predicted molar refractivity (Wildman–Crippen MR) is 43.7 cm³/mol. The van der Waals surface area contributed by atoms with Crippen LogP contribution in [-0.4, -0.2) is 0 Å². The molecule has 0 aromatic heterocycles. The van der Waals surface area contributed by atoms with E-state index in [4.69, 9.17) is 0 Å². The third-order valence-corrected chi connectivity index (χ3v) is 3.72. The average Bonchev–Trinajstić information content (AvgIpc) is 2.60. The number of hydrogen-bond acceptors (Lipinski definition) is 0. The minimum Gasteiger partial charge on any atom is -1.00 e. The van der Waals surface area contributed by atoms with Crippen LogP contribution in [0.1, 0.15) is 12.8 Å². The molecule has 0 aromatic rings. The van der Waals surface area contributed by atoms with Crippen LogP contribution in [0.4, 0.5) is 0 Å². The minimum atomic E-state index is 0. The van der Waals surface area contributed by atoms with Crippen LogP contribution >= 0.6 is 0 Å². The molecule has 69 valence electrons. The summed E-state index contributed by atoms with van der Waals surface area (Å²) in [5, 5.41) is 0. The Morgan fingerprint density at radius 3 is 1.62 bits per heavy atom. The molecule has 13 heavy (non-hydrogen) atoms. The fourth-order valence-electron chi connectivity index (χ4n) is 1.22. The zero-order valence-electron chi connectivity index (χ0n) is 7.08. The summed E-state index contributed by atoms with van der Waals surface area (Å²) in [6, 6.07) is 0. The summed E-state index contributed by atoms with van der Waals surface area (Å²) in [6.45, 7) is 0. The van der Waals surface area contributed by atoms with Gasteiger partial charge < -0.3 is 34.0 Å². The van der Waals surface area contributed by atoms with E-state index in [0.29, 0.717) is 16.3 Å². The Bertz CT molecular complexity index is 247. The first-order valence-corrected chi connectivity index (χ1v) is 5.28. The van der Waals surface area contributed by atoms with Crippen molar-refractivity contribution in [3.05, 3.63) is 45.0 Å². The van der Waals surface area contributed by atoms with Gasteiger partial charge in [-0.25, -0.2) is 0 Å². The van der Waals surface area contributed by atoms with Crippen molar-refractivity contribution in [2.24, 2.45) is 0 Å². The maximum atomic E-state index is 2.28. The van der Waals surface area contributed by atoms with Gasteiger partial charge in [-0.2, -0.15) is 0 Å². The summed E-state index contributed by atoms with van der Waals surface area (Å²) in [7, 11) is 0. The Kier molecular flexibility index (Phi) is 7.15. The zero-order valence-corrected chi connectivity index (χ0v) is 11.7. The second kappa shape index (κ2) is 6.88. The minimum absolute atomic E-state index is 0. The monoisotopic (exact) mass is 339 g/mol. The van der Waals surface area contributed by atoms with E-state index in [1.807, 2.05) is 0 Å². The van der Waals surface area contributed by atoms with E-state index in [1.54, 1.807) is 8.57 Å². The number of allylic oxidation sites excluding steroid dienone is 8. The van der Waals surface area contributed by atoms with Gasteiger partial charge in [-0.3, -0.25) is 0 Å². The molecule has 0 N–H and O–H groups in total. The second-order valence-electron chi connectivity index (χ2n) is 2.69. The van der Waals surface area contributed by atoms with Gasteiger partial charge in [-0.05, 0) is 0 Å². The van der Waals surface area contributed by atoms with E-state index in [0.717, 1.165) is 0 Å². The summed E-state index contributed by atoms with van der Waals surface area (Å²) in [5.41, 5.74) is 0. The molecular formula is C10H10Br2V. The van der Waals surface area contributed by atoms with Crippen LogP contribution < -0.4 is 34.0 Å². The van der Waals surface area contributed by atoms with E-state index >= 15 is 0 Å². The molecule has 2 aliphatic rings.